The van der Waals surface area contributed by atoms with Gasteiger partial charge in [-0.1, -0.05) is 32.9 Å². The molecule has 0 bridgehead atoms. The van der Waals surface area contributed by atoms with Gasteiger partial charge in [0.25, 0.3) is 0 Å². The Morgan fingerprint density at radius 3 is 2.64 bits per heavy atom. The van der Waals surface area contributed by atoms with Gasteiger partial charge in [-0.25, -0.2) is 4.39 Å². The smallest absolute Gasteiger partial charge is 0.120 e. The van der Waals surface area contributed by atoms with E-state index in [1.165, 1.54) is 5.57 Å². The van der Waals surface area contributed by atoms with Gasteiger partial charge in [0.1, 0.15) is 6.17 Å². The summed E-state index contributed by atoms with van der Waals surface area (Å²) in [6, 6.07) is 0. The van der Waals surface area contributed by atoms with Crippen LogP contribution in [0, 0.1) is 5.41 Å². The molecule has 0 N–H and O–H groups in total. The average Bonchev–Trinajstić information content (AvgIpc) is 2.49. The first-order chi connectivity index (χ1) is 6.38. The summed E-state index contributed by atoms with van der Waals surface area (Å²) in [4.78, 5) is 2.31. The minimum Gasteiger partial charge on any atom is -0.290 e. The second-order valence-electron chi connectivity index (χ2n) is 5.78. The number of hydrogen-bond acceptors (Lipinski definition) is 1. The highest BCUT2D eigenvalue weighted by Crippen LogP contribution is 2.52. The van der Waals surface area contributed by atoms with Crippen LogP contribution in [0.25, 0.3) is 0 Å². The molecular formula is C12H20FN. The fourth-order valence-corrected chi connectivity index (χ4v) is 3.26. The fraction of sp³-hybridized carbons (Fsp3) is 0.833. The van der Waals surface area contributed by atoms with Gasteiger partial charge in [-0.3, -0.25) is 4.90 Å². The first kappa shape index (κ1) is 10.2. The first-order valence-corrected chi connectivity index (χ1v) is 5.44. The highest BCUT2D eigenvalue weighted by Gasteiger charge is 2.59. The predicted molar refractivity (Wildman–Crippen MR) is 57.0 cm³/mol. The molecule has 2 aliphatic rings. The van der Waals surface area contributed by atoms with E-state index < -0.39 is 6.17 Å². The van der Waals surface area contributed by atoms with Crippen molar-refractivity contribution < 1.29 is 4.39 Å². The molecule has 2 fully saturated rings. The molecule has 2 unspecified atom stereocenters. The first-order valence-electron chi connectivity index (χ1n) is 5.44. The number of rotatable bonds is 0. The zero-order valence-electron chi connectivity index (χ0n) is 9.44. The number of fused-ring (bicyclic) bond motifs is 1. The zero-order chi connectivity index (χ0) is 10.6. The van der Waals surface area contributed by atoms with Gasteiger partial charge in [0.2, 0.25) is 0 Å². The molecule has 0 saturated carbocycles. The van der Waals surface area contributed by atoms with Crippen LogP contribution in [0.4, 0.5) is 4.39 Å². The maximum Gasteiger partial charge on any atom is 0.120 e. The van der Waals surface area contributed by atoms with E-state index in [1.54, 1.807) is 0 Å². The van der Waals surface area contributed by atoms with Gasteiger partial charge < -0.3 is 0 Å². The van der Waals surface area contributed by atoms with E-state index in [0.29, 0.717) is 6.42 Å². The van der Waals surface area contributed by atoms with E-state index >= 15 is 0 Å². The molecule has 0 aromatic rings. The summed E-state index contributed by atoms with van der Waals surface area (Å²) in [6.45, 7) is 12.3. The van der Waals surface area contributed by atoms with Gasteiger partial charge >= 0.3 is 0 Å². The second-order valence-corrected chi connectivity index (χ2v) is 5.78. The lowest BCUT2D eigenvalue weighted by Crippen LogP contribution is -2.54. The Morgan fingerprint density at radius 2 is 2.14 bits per heavy atom. The molecule has 0 aromatic heterocycles. The third-order valence-electron chi connectivity index (χ3n) is 3.97. The van der Waals surface area contributed by atoms with Crippen LogP contribution in [0.5, 0.6) is 0 Å². The zero-order valence-corrected chi connectivity index (χ0v) is 9.44. The van der Waals surface area contributed by atoms with E-state index in [2.05, 4.69) is 32.3 Å². The molecule has 2 atom stereocenters. The van der Waals surface area contributed by atoms with Crippen molar-refractivity contribution in [2.45, 2.75) is 45.3 Å². The summed E-state index contributed by atoms with van der Waals surface area (Å²) in [5, 5.41) is 0. The summed E-state index contributed by atoms with van der Waals surface area (Å²) in [5.74, 6) is 0. The third-order valence-corrected chi connectivity index (χ3v) is 3.97. The Bertz CT molecular complexity index is 266. The molecule has 80 valence electrons. The molecule has 2 heteroatoms. The van der Waals surface area contributed by atoms with Crippen LogP contribution in [0.15, 0.2) is 12.2 Å². The quantitative estimate of drug-likeness (QED) is 0.540. The minimum atomic E-state index is -0.679. The highest BCUT2D eigenvalue weighted by molar-refractivity contribution is 5.23. The number of hydrogen-bond donors (Lipinski definition) is 0. The van der Waals surface area contributed by atoms with E-state index in [4.69, 9.17) is 0 Å². The molecule has 0 radical (unpaired) electrons. The van der Waals surface area contributed by atoms with Gasteiger partial charge in [-0.05, 0) is 18.3 Å². The normalized spacial score (nSPS) is 39.1. The van der Waals surface area contributed by atoms with Crippen molar-refractivity contribution in [3.05, 3.63) is 12.2 Å². The Kier molecular flexibility index (Phi) is 2.04. The van der Waals surface area contributed by atoms with E-state index in [1.807, 2.05) is 0 Å². The Hall–Kier alpha value is -0.370. The SMILES string of the molecule is C=C1CN2CCC(F)C2(C(C)(C)C)C1. The van der Waals surface area contributed by atoms with Crippen molar-refractivity contribution >= 4 is 0 Å². The van der Waals surface area contributed by atoms with Crippen molar-refractivity contribution in [2.75, 3.05) is 13.1 Å². The van der Waals surface area contributed by atoms with Gasteiger partial charge in [0, 0.05) is 13.1 Å². The number of halogens is 1. The lowest BCUT2D eigenvalue weighted by molar-refractivity contribution is 0.0118. The van der Waals surface area contributed by atoms with E-state index in [0.717, 1.165) is 19.5 Å². The Morgan fingerprint density at radius 1 is 1.50 bits per heavy atom. The number of nitrogens with zero attached hydrogens (tertiary/aromatic N) is 1. The standard InChI is InChI=1S/C12H20FN/c1-9-7-12(11(2,3)4)10(13)5-6-14(12)8-9/h10H,1,5-8H2,2-4H3. The van der Waals surface area contributed by atoms with Crippen LogP contribution < -0.4 is 0 Å². The molecule has 1 nitrogen and oxygen atoms in total. The van der Waals surface area contributed by atoms with Crippen molar-refractivity contribution in [2.24, 2.45) is 5.41 Å². The molecule has 2 saturated heterocycles. The van der Waals surface area contributed by atoms with E-state index in [-0.39, 0.29) is 11.0 Å². The van der Waals surface area contributed by atoms with Crippen molar-refractivity contribution in [1.29, 1.82) is 0 Å². The summed E-state index contributed by atoms with van der Waals surface area (Å²) in [5.41, 5.74) is 0.939. The molecule has 0 amide bonds. The maximum absolute atomic E-state index is 14.1. The third kappa shape index (κ3) is 1.10. The van der Waals surface area contributed by atoms with Gasteiger partial charge in [-0.2, -0.15) is 0 Å². The molecular weight excluding hydrogens is 177 g/mol. The average molecular weight is 197 g/mol. The lowest BCUT2D eigenvalue weighted by atomic mass is 9.70. The van der Waals surface area contributed by atoms with Gasteiger partial charge in [-0.15, -0.1) is 0 Å². The summed E-state index contributed by atoms with van der Waals surface area (Å²) in [7, 11) is 0. The molecule has 2 heterocycles. The highest BCUT2D eigenvalue weighted by atomic mass is 19.1. The largest absolute Gasteiger partial charge is 0.290 e. The maximum atomic E-state index is 14.1. The van der Waals surface area contributed by atoms with Crippen LogP contribution in [0.2, 0.25) is 0 Å². The Balaban J connectivity index is 2.41. The van der Waals surface area contributed by atoms with Crippen LogP contribution in [-0.4, -0.2) is 29.7 Å². The Labute approximate surface area is 86.0 Å². The monoisotopic (exact) mass is 197 g/mol. The second kappa shape index (κ2) is 2.82. The van der Waals surface area contributed by atoms with Crippen LogP contribution in [0.1, 0.15) is 33.6 Å². The summed E-state index contributed by atoms with van der Waals surface area (Å²) in [6.07, 6.45) is 0.865. The number of alkyl halides is 1. The van der Waals surface area contributed by atoms with Crippen LogP contribution in [0.3, 0.4) is 0 Å². The van der Waals surface area contributed by atoms with Crippen LogP contribution in [-0.2, 0) is 0 Å². The molecule has 14 heavy (non-hydrogen) atoms. The molecule has 0 aliphatic carbocycles. The van der Waals surface area contributed by atoms with Crippen molar-refractivity contribution in [3.8, 4) is 0 Å². The van der Waals surface area contributed by atoms with Crippen LogP contribution >= 0.6 is 0 Å². The van der Waals surface area contributed by atoms with E-state index in [9.17, 15) is 4.39 Å². The molecule has 2 aliphatic heterocycles. The van der Waals surface area contributed by atoms with Crippen molar-refractivity contribution in [3.63, 3.8) is 0 Å². The van der Waals surface area contributed by atoms with Crippen molar-refractivity contribution in [1.82, 2.24) is 4.90 Å². The summed E-state index contributed by atoms with van der Waals surface area (Å²) < 4.78 is 14.1. The molecule has 0 aromatic carbocycles. The minimum absolute atomic E-state index is 0.00234. The fourth-order valence-electron chi connectivity index (χ4n) is 3.26. The predicted octanol–water partition coefficient (Wildman–Crippen LogP) is 2.78. The summed E-state index contributed by atoms with van der Waals surface area (Å²) >= 11 is 0. The lowest BCUT2D eigenvalue weighted by Gasteiger charge is -2.45. The molecule has 0 spiro atoms. The molecule has 2 rings (SSSR count). The van der Waals surface area contributed by atoms with Gasteiger partial charge in [0.05, 0.1) is 5.54 Å². The topological polar surface area (TPSA) is 3.24 Å². The van der Waals surface area contributed by atoms with Gasteiger partial charge in [0.15, 0.2) is 0 Å².